The van der Waals surface area contributed by atoms with E-state index in [0.29, 0.717) is 0 Å². The second-order valence-electron chi connectivity index (χ2n) is 4.39. The molecule has 0 aromatic carbocycles. The van der Waals surface area contributed by atoms with Crippen LogP contribution in [0, 0.1) is 5.41 Å². The van der Waals surface area contributed by atoms with Crippen LogP contribution in [-0.4, -0.2) is 32.4 Å². The number of nitrogens with two attached hydrogens (primary N) is 1. The number of ether oxygens (including phenoxy) is 2. The smallest absolute Gasteiger partial charge is 0.406 e. The van der Waals surface area contributed by atoms with Crippen LogP contribution in [0.3, 0.4) is 0 Å². The number of nitrogens with one attached hydrogen (secondary N) is 1. The van der Waals surface area contributed by atoms with E-state index in [-0.39, 0.29) is 18.6 Å². The molecule has 3 N–H and O–H groups in total. The number of carbonyl (C=O) groups excluding carboxylic acids is 2. The first-order valence-corrected chi connectivity index (χ1v) is 6.26. The van der Waals surface area contributed by atoms with Crippen molar-refractivity contribution in [2.45, 2.75) is 39.5 Å². The van der Waals surface area contributed by atoms with Gasteiger partial charge in [-0.2, -0.15) is 0 Å². The molecule has 1 atom stereocenters. The quantitative estimate of drug-likeness (QED) is 0.698. The van der Waals surface area contributed by atoms with Crippen LogP contribution < -0.4 is 11.1 Å². The number of carbonyl (C=O) groups is 2. The number of hydrogen-bond donors (Lipinski definition) is 2. The van der Waals surface area contributed by atoms with Crippen molar-refractivity contribution in [3.8, 4) is 0 Å². The van der Waals surface area contributed by atoms with Gasteiger partial charge in [0.25, 0.3) is 0 Å². The van der Waals surface area contributed by atoms with Crippen LogP contribution in [0.4, 0.5) is 9.59 Å². The summed E-state index contributed by atoms with van der Waals surface area (Å²) in [5.74, 6) is 0. The van der Waals surface area contributed by atoms with E-state index in [1.807, 2.05) is 6.92 Å². The summed E-state index contributed by atoms with van der Waals surface area (Å²) in [7, 11) is 1.50. The predicted octanol–water partition coefficient (Wildman–Crippen LogP) is 2.02. The summed E-state index contributed by atoms with van der Waals surface area (Å²) in [6.07, 6.45) is 2.29. The molecule has 1 unspecified atom stereocenters. The number of alkyl carbamates (subject to hydrolysis) is 1. The van der Waals surface area contributed by atoms with Gasteiger partial charge in [-0.1, -0.05) is 26.7 Å². The van der Waals surface area contributed by atoms with Gasteiger partial charge in [0.2, 0.25) is 0 Å². The molecule has 0 bridgehead atoms. The lowest BCUT2D eigenvalue weighted by molar-refractivity contribution is 0.0196. The topological polar surface area (TPSA) is 90.7 Å². The molecule has 0 fully saturated rings. The predicted molar refractivity (Wildman–Crippen MR) is 68.2 cm³/mol. The molecule has 2 amide bonds. The van der Waals surface area contributed by atoms with Crippen molar-refractivity contribution in [2.75, 3.05) is 20.3 Å². The van der Waals surface area contributed by atoms with Gasteiger partial charge >= 0.3 is 12.2 Å². The minimum absolute atomic E-state index is 0.176. The molecule has 0 saturated carbocycles. The molecule has 0 aromatic heterocycles. The lowest BCUT2D eigenvalue weighted by Crippen LogP contribution is -2.36. The molecule has 0 aliphatic heterocycles. The molecule has 0 aromatic rings. The van der Waals surface area contributed by atoms with Crippen LogP contribution in [0.1, 0.15) is 39.5 Å². The number of rotatable bonds is 8. The maximum absolute atomic E-state index is 11.1. The number of amides is 2. The van der Waals surface area contributed by atoms with Gasteiger partial charge in [-0.25, -0.2) is 9.59 Å². The molecule has 0 radical (unpaired) electrons. The van der Waals surface area contributed by atoms with Gasteiger partial charge in [-0.3, -0.25) is 0 Å². The Morgan fingerprint density at radius 1 is 1.22 bits per heavy atom. The van der Waals surface area contributed by atoms with Crippen molar-refractivity contribution < 1.29 is 19.1 Å². The molecule has 106 valence electrons. The standard InChI is InChI=1S/C12H24N2O4/c1-4-6-7-12(5-2,8-17-10(13)15)9-18-11(16)14-3/h4-9H2,1-3H3,(H2,13,15)(H,14,16). The van der Waals surface area contributed by atoms with Gasteiger partial charge in [-0.15, -0.1) is 0 Å². The summed E-state index contributed by atoms with van der Waals surface area (Å²) in [6.45, 7) is 4.45. The van der Waals surface area contributed by atoms with Gasteiger partial charge in [0, 0.05) is 12.5 Å². The second kappa shape index (κ2) is 8.60. The van der Waals surface area contributed by atoms with E-state index in [9.17, 15) is 9.59 Å². The third-order valence-corrected chi connectivity index (χ3v) is 3.04. The second-order valence-corrected chi connectivity index (χ2v) is 4.39. The molecule has 0 saturated heterocycles. The fraction of sp³-hybridized carbons (Fsp3) is 0.833. The Balaban J connectivity index is 4.52. The first-order valence-electron chi connectivity index (χ1n) is 6.26. The zero-order valence-corrected chi connectivity index (χ0v) is 11.5. The van der Waals surface area contributed by atoms with Crippen molar-refractivity contribution in [3.05, 3.63) is 0 Å². The molecule has 0 rings (SSSR count). The van der Waals surface area contributed by atoms with Crippen LogP contribution >= 0.6 is 0 Å². The Labute approximate surface area is 108 Å². The summed E-state index contributed by atoms with van der Waals surface area (Å²) >= 11 is 0. The van der Waals surface area contributed by atoms with E-state index in [1.165, 1.54) is 7.05 Å². The molecule has 6 heteroatoms. The first kappa shape index (κ1) is 16.5. The Hall–Kier alpha value is -1.46. The van der Waals surface area contributed by atoms with Gasteiger partial charge < -0.3 is 20.5 Å². The van der Waals surface area contributed by atoms with E-state index >= 15 is 0 Å². The van der Waals surface area contributed by atoms with Crippen molar-refractivity contribution in [1.82, 2.24) is 5.32 Å². The molecule has 6 nitrogen and oxygen atoms in total. The normalized spacial score (nSPS) is 13.5. The van der Waals surface area contributed by atoms with E-state index in [0.717, 1.165) is 25.7 Å². The highest BCUT2D eigenvalue weighted by atomic mass is 16.6. The Morgan fingerprint density at radius 2 is 1.83 bits per heavy atom. The van der Waals surface area contributed by atoms with Crippen LogP contribution in [0.25, 0.3) is 0 Å². The van der Waals surface area contributed by atoms with Gasteiger partial charge in [-0.05, 0) is 12.8 Å². The summed E-state index contributed by atoms with van der Waals surface area (Å²) in [5.41, 5.74) is 4.63. The molecular formula is C12H24N2O4. The largest absolute Gasteiger partial charge is 0.449 e. The third kappa shape index (κ3) is 6.32. The van der Waals surface area contributed by atoms with E-state index < -0.39 is 12.2 Å². The minimum Gasteiger partial charge on any atom is -0.449 e. The molecular weight excluding hydrogens is 236 g/mol. The highest BCUT2D eigenvalue weighted by Gasteiger charge is 2.31. The maximum Gasteiger partial charge on any atom is 0.406 e. The molecule has 0 heterocycles. The summed E-state index contributed by atoms with van der Waals surface area (Å²) < 4.78 is 9.98. The van der Waals surface area contributed by atoms with Crippen molar-refractivity contribution in [3.63, 3.8) is 0 Å². The van der Waals surface area contributed by atoms with E-state index in [2.05, 4.69) is 12.2 Å². The Morgan fingerprint density at radius 3 is 2.28 bits per heavy atom. The van der Waals surface area contributed by atoms with Crippen LogP contribution in [0.5, 0.6) is 0 Å². The van der Waals surface area contributed by atoms with Gasteiger partial charge in [0.1, 0.15) is 13.2 Å². The van der Waals surface area contributed by atoms with E-state index in [1.54, 1.807) is 0 Å². The van der Waals surface area contributed by atoms with Gasteiger partial charge in [0.15, 0.2) is 0 Å². The number of hydrogen-bond acceptors (Lipinski definition) is 4. The summed E-state index contributed by atoms with van der Waals surface area (Å²) in [6, 6.07) is 0. The molecule has 0 aliphatic carbocycles. The average molecular weight is 260 g/mol. The van der Waals surface area contributed by atoms with Crippen LogP contribution in [0.2, 0.25) is 0 Å². The SMILES string of the molecule is CCCCC(CC)(COC(N)=O)COC(=O)NC. The first-order chi connectivity index (χ1) is 8.49. The zero-order chi connectivity index (χ0) is 14.0. The fourth-order valence-corrected chi connectivity index (χ4v) is 1.63. The van der Waals surface area contributed by atoms with Crippen LogP contribution in [-0.2, 0) is 9.47 Å². The lowest BCUT2D eigenvalue weighted by Gasteiger charge is -2.31. The molecule has 18 heavy (non-hydrogen) atoms. The zero-order valence-electron chi connectivity index (χ0n) is 11.5. The summed E-state index contributed by atoms with van der Waals surface area (Å²) in [5, 5.41) is 2.39. The van der Waals surface area contributed by atoms with Gasteiger partial charge in [0.05, 0.1) is 0 Å². The molecule has 0 aliphatic rings. The van der Waals surface area contributed by atoms with Crippen molar-refractivity contribution in [1.29, 1.82) is 0 Å². The fourth-order valence-electron chi connectivity index (χ4n) is 1.63. The van der Waals surface area contributed by atoms with Crippen LogP contribution in [0.15, 0.2) is 0 Å². The number of primary amides is 1. The van der Waals surface area contributed by atoms with Crippen molar-refractivity contribution in [2.24, 2.45) is 11.1 Å². The average Bonchev–Trinajstić information content (AvgIpc) is 2.38. The Bertz CT molecular complexity index is 271. The Kier molecular flexibility index (Phi) is 7.91. The molecule has 0 spiro atoms. The lowest BCUT2D eigenvalue weighted by atomic mass is 9.82. The number of unbranched alkanes of at least 4 members (excludes halogenated alkanes) is 1. The van der Waals surface area contributed by atoms with E-state index in [4.69, 9.17) is 15.2 Å². The minimum atomic E-state index is -0.802. The highest BCUT2D eigenvalue weighted by molar-refractivity contribution is 5.66. The highest BCUT2D eigenvalue weighted by Crippen LogP contribution is 2.30. The maximum atomic E-state index is 11.1. The monoisotopic (exact) mass is 260 g/mol. The van der Waals surface area contributed by atoms with Crippen molar-refractivity contribution >= 4 is 12.2 Å². The third-order valence-electron chi connectivity index (χ3n) is 3.04. The summed E-state index contributed by atoms with van der Waals surface area (Å²) in [4.78, 5) is 21.8.